The minimum atomic E-state index is 0.363. The Morgan fingerprint density at radius 2 is 2.33 bits per heavy atom. The SMILES string of the molecule is CCC(C)n1nnnc1CCN. The summed E-state index contributed by atoms with van der Waals surface area (Å²) >= 11 is 0. The molecule has 1 aromatic heterocycles. The van der Waals surface area contributed by atoms with Gasteiger partial charge >= 0.3 is 0 Å². The van der Waals surface area contributed by atoms with Gasteiger partial charge < -0.3 is 5.73 Å². The minimum absolute atomic E-state index is 0.363. The van der Waals surface area contributed by atoms with Crippen LogP contribution < -0.4 is 5.73 Å². The lowest BCUT2D eigenvalue weighted by molar-refractivity contribution is 0.448. The highest BCUT2D eigenvalue weighted by molar-refractivity contribution is 4.83. The molecule has 1 unspecified atom stereocenters. The van der Waals surface area contributed by atoms with E-state index in [4.69, 9.17) is 5.73 Å². The predicted molar refractivity (Wildman–Crippen MR) is 45.6 cm³/mol. The van der Waals surface area contributed by atoms with E-state index in [9.17, 15) is 0 Å². The number of hydrogen-bond donors (Lipinski definition) is 1. The minimum Gasteiger partial charge on any atom is -0.330 e. The molecule has 0 amide bonds. The van der Waals surface area contributed by atoms with Gasteiger partial charge in [0.05, 0.1) is 6.04 Å². The Kier molecular flexibility index (Phi) is 3.16. The maximum atomic E-state index is 5.42. The van der Waals surface area contributed by atoms with Crippen LogP contribution in [0.15, 0.2) is 0 Å². The van der Waals surface area contributed by atoms with Crippen LogP contribution in [0, 0.1) is 0 Å². The van der Waals surface area contributed by atoms with Crippen molar-refractivity contribution in [3.63, 3.8) is 0 Å². The zero-order chi connectivity index (χ0) is 8.97. The van der Waals surface area contributed by atoms with Crippen molar-refractivity contribution in [3.8, 4) is 0 Å². The molecule has 0 bridgehead atoms. The first-order valence-electron chi connectivity index (χ1n) is 4.26. The summed E-state index contributed by atoms with van der Waals surface area (Å²) in [5.74, 6) is 0.881. The van der Waals surface area contributed by atoms with Crippen molar-refractivity contribution in [2.45, 2.75) is 32.7 Å². The molecule has 5 nitrogen and oxygen atoms in total. The van der Waals surface area contributed by atoms with Gasteiger partial charge in [0, 0.05) is 6.42 Å². The largest absolute Gasteiger partial charge is 0.330 e. The maximum absolute atomic E-state index is 5.42. The van der Waals surface area contributed by atoms with E-state index in [1.165, 1.54) is 0 Å². The second-order valence-electron chi connectivity index (χ2n) is 2.84. The van der Waals surface area contributed by atoms with Gasteiger partial charge in [0.2, 0.25) is 0 Å². The van der Waals surface area contributed by atoms with Gasteiger partial charge in [0.25, 0.3) is 0 Å². The Morgan fingerprint density at radius 3 is 2.92 bits per heavy atom. The number of tetrazole rings is 1. The van der Waals surface area contributed by atoms with E-state index in [0.717, 1.165) is 18.7 Å². The molecule has 0 saturated carbocycles. The van der Waals surface area contributed by atoms with Gasteiger partial charge in [-0.25, -0.2) is 4.68 Å². The molecule has 0 aliphatic rings. The first-order valence-corrected chi connectivity index (χ1v) is 4.26. The second-order valence-corrected chi connectivity index (χ2v) is 2.84. The predicted octanol–water partition coefficient (Wildman–Crippen LogP) is 0.145. The van der Waals surface area contributed by atoms with Crippen molar-refractivity contribution in [1.29, 1.82) is 0 Å². The second kappa shape index (κ2) is 4.15. The summed E-state index contributed by atoms with van der Waals surface area (Å²) in [6.45, 7) is 4.80. The van der Waals surface area contributed by atoms with Gasteiger partial charge in [-0.1, -0.05) is 6.92 Å². The van der Waals surface area contributed by atoms with Crippen LogP contribution in [0.3, 0.4) is 0 Å². The molecule has 0 spiro atoms. The lowest BCUT2D eigenvalue weighted by Gasteiger charge is -2.09. The summed E-state index contributed by atoms with van der Waals surface area (Å²) in [5.41, 5.74) is 5.42. The van der Waals surface area contributed by atoms with Gasteiger partial charge in [-0.05, 0) is 30.3 Å². The average molecular weight is 169 g/mol. The lowest BCUT2D eigenvalue weighted by atomic mass is 10.2. The van der Waals surface area contributed by atoms with E-state index < -0.39 is 0 Å². The van der Waals surface area contributed by atoms with Crippen molar-refractivity contribution in [1.82, 2.24) is 20.2 Å². The van der Waals surface area contributed by atoms with E-state index in [1.54, 1.807) is 0 Å². The van der Waals surface area contributed by atoms with Gasteiger partial charge in [0.1, 0.15) is 0 Å². The van der Waals surface area contributed by atoms with Crippen LogP contribution in [-0.2, 0) is 6.42 Å². The number of rotatable bonds is 4. The van der Waals surface area contributed by atoms with E-state index in [2.05, 4.69) is 29.4 Å². The van der Waals surface area contributed by atoms with Crippen molar-refractivity contribution >= 4 is 0 Å². The molecule has 1 rings (SSSR count). The zero-order valence-electron chi connectivity index (χ0n) is 7.56. The zero-order valence-corrected chi connectivity index (χ0v) is 7.56. The Balaban J connectivity index is 2.76. The summed E-state index contributed by atoms with van der Waals surface area (Å²) in [5, 5.41) is 11.4. The fraction of sp³-hybridized carbons (Fsp3) is 0.857. The number of nitrogens with two attached hydrogens (primary N) is 1. The molecule has 2 N–H and O–H groups in total. The molecule has 12 heavy (non-hydrogen) atoms. The van der Waals surface area contributed by atoms with Crippen LogP contribution in [0.5, 0.6) is 0 Å². The molecule has 1 heterocycles. The molecule has 68 valence electrons. The fourth-order valence-electron chi connectivity index (χ4n) is 1.02. The highest BCUT2D eigenvalue weighted by Crippen LogP contribution is 2.09. The molecule has 5 heteroatoms. The van der Waals surface area contributed by atoms with Gasteiger partial charge in [-0.2, -0.15) is 0 Å². The van der Waals surface area contributed by atoms with E-state index in [0.29, 0.717) is 12.6 Å². The van der Waals surface area contributed by atoms with Crippen LogP contribution in [0.4, 0.5) is 0 Å². The number of nitrogens with zero attached hydrogens (tertiary/aromatic N) is 4. The van der Waals surface area contributed by atoms with Gasteiger partial charge in [-0.3, -0.25) is 0 Å². The molecule has 1 aromatic rings. The molecular formula is C7H15N5. The Labute approximate surface area is 71.9 Å². The fourth-order valence-corrected chi connectivity index (χ4v) is 1.02. The van der Waals surface area contributed by atoms with Crippen LogP contribution in [0.2, 0.25) is 0 Å². The standard InChI is InChI=1S/C7H15N5/c1-3-6(2)12-7(4-5-8)9-10-11-12/h6H,3-5,8H2,1-2H3. The summed E-state index contributed by atoms with van der Waals surface area (Å²) < 4.78 is 1.84. The average Bonchev–Trinajstić information content (AvgIpc) is 2.52. The third-order valence-corrected chi connectivity index (χ3v) is 1.94. The highest BCUT2D eigenvalue weighted by Gasteiger charge is 2.09. The van der Waals surface area contributed by atoms with E-state index in [-0.39, 0.29) is 0 Å². The molecule has 0 aliphatic heterocycles. The molecule has 1 atom stereocenters. The summed E-state index contributed by atoms with van der Waals surface area (Å²) in [4.78, 5) is 0. The molecular weight excluding hydrogens is 154 g/mol. The van der Waals surface area contributed by atoms with Crippen LogP contribution in [-0.4, -0.2) is 26.8 Å². The molecule has 0 saturated heterocycles. The third-order valence-electron chi connectivity index (χ3n) is 1.94. The first-order chi connectivity index (χ1) is 5.79. The molecule has 0 aromatic carbocycles. The van der Waals surface area contributed by atoms with Crippen molar-refractivity contribution in [2.24, 2.45) is 5.73 Å². The Bertz CT molecular complexity index is 231. The van der Waals surface area contributed by atoms with Crippen LogP contribution in [0.25, 0.3) is 0 Å². The van der Waals surface area contributed by atoms with Crippen LogP contribution in [0.1, 0.15) is 32.1 Å². The van der Waals surface area contributed by atoms with Gasteiger partial charge in [-0.15, -0.1) is 5.10 Å². The molecule has 0 fully saturated rings. The van der Waals surface area contributed by atoms with E-state index >= 15 is 0 Å². The van der Waals surface area contributed by atoms with Crippen molar-refractivity contribution in [2.75, 3.05) is 6.54 Å². The molecule has 0 aliphatic carbocycles. The summed E-state index contributed by atoms with van der Waals surface area (Å²) in [6, 6.07) is 0.363. The topological polar surface area (TPSA) is 69.6 Å². The highest BCUT2D eigenvalue weighted by atomic mass is 15.5. The molecule has 0 radical (unpaired) electrons. The van der Waals surface area contributed by atoms with Crippen molar-refractivity contribution < 1.29 is 0 Å². The van der Waals surface area contributed by atoms with Gasteiger partial charge in [0.15, 0.2) is 5.82 Å². The quantitative estimate of drug-likeness (QED) is 0.696. The van der Waals surface area contributed by atoms with E-state index in [1.807, 2.05) is 4.68 Å². The summed E-state index contributed by atoms with van der Waals surface area (Å²) in [7, 11) is 0. The monoisotopic (exact) mass is 169 g/mol. The lowest BCUT2D eigenvalue weighted by Crippen LogP contribution is -2.14. The number of aromatic nitrogens is 4. The Hall–Kier alpha value is -0.970. The first kappa shape index (κ1) is 9.12. The van der Waals surface area contributed by atoms with Crippen LogP contribution >= 0.6 is 0 Å². The Morgan fingerprint density at radius 1 is 1.58 bits per heavy atom. The van der Waals surface area contributed by atoms with Crippen molar-refractivity contribution in [3.05, 3.63) is 5.82 Å². The summed E-state index contributed by atoms with van der Waals surface area (Å²) in [6.07, 6.45) is 1.78. The normalized spacial score (nSPS) is 13.2. The smallest absolute Gasteiger partial charge is 0.152 e. The third kappa shape index (κ3) is 1.79. The number of hydrogen-bond acceptors (Lipinski definition) is 4. The maximum Gasteiger partial charge on any atom is 0.152 e.